The number of carboxylic acid groups (broad SMARTS) is 1. The van der Waals surface area contributed by atoms with Crippen molar-refractivity contribution in [2.24, 2.45) is 23.7 Å². The van der Waals surface area contributed by atoms with E-state index in [9.17, 15) is 4.79 Å². The molecule has 162 valence electrons. The molecule has 1 aromatic rings. The van der Waals surface area contributed by atoms with Gasteiger partial charge in [-0.25, -0.2) is 4.79 Å². The van der Waals surface area contributed by atoms with E-state index in [2.05, 4.69) is 0 Å². The van der Waals surface area contributed by atoms with E-state index in [0.717, 1.165) is 37.5 Å². The molecule has 0 unspecified atom stereocenters. The molecule has 0 atom stereocenters. The zero-order valence-electron chi connectivity index (χ0n) is 17.3. The molecule has 7 rings (SSSR count). The molecule has 0 radical (unpaired) electrons. The number of hydrogen-bond donors (Lipinski definition) is 1. The summed E-state index contributed by atoms with van der Waals surface area (Å²) in [6, 6.07) is 7.81. The van der Waals surface area contributed by atoms with Crippen LogP contribution in [0.4, 0.5) is 0 Å². The van der Waals surface area contributed by atoms with Crippen molar-refractivity contribution >= 4 is 5.97 Å². The Morgan fingerprint density at radius 2 is 1.60 bits per heavy atom. The molecule has 5 saturated carbocycles. The fourth-order valence-electron chi connectivity index (χ4n) is 7.17. The Morgan fingerprint density at radius 3 is 2.20 bits per heavy atom. The third-order valence-corrected chi connectivity index (χ3v) is 8.41. The minimum Gasteiger partial charge on any atom is -0.482 e. The van der Waals surface area contributed by atoms with Crippen LogP contribution < -0.4 is 4.74 Å². The van der Waals surface area contributed by atoms with Crippen molar-refractivity contribution in [3.63, 3.8) is 0 Å². The lowest BCUT2D eigenvalue weighted by molar-refractivity contribution is -0.390. The van der Waals surface area contributed by atoms with Crippen LogP contribution in [0.5, 0.6) is 5.75 Å². The molecule has 5 aliphatic carbocycles. The molecule has 1 aromatic carbocycles. The number of rotatable bonds is 4. The molecule has 0 amide bonds. The van der Waals surface area contributed by atoms with Gasteiger partial charge in [-0.1, -0.05) is 12.1 Å². The van der Waals surface area contributed by atoms with Crippen LogP contribution in [0, 0.1) is 23.7 Å². The maximum Gasteiger partial charge on any atom is 0.341 e. The highest BCUT2D eigenvalue weighted by atomic mass is 17.3. The van der Waals surface area contributed by atoms with E-state index < -0.39 is 17.5 Å². The smallest absolute Gasteiger partial charge is 0.341 e. The van der Waals surface area contributed by atoms with Crippen molar-refractivity contribution in [3.8, 4) is 5.75 Å². The highest BCUT2D eigenvalue weighted by molar-refractivity contribution is 5.68. The molecular formula is C24H30O6. The molecular weight excluding hydrogens is 384 g/mol. The molecule has 2 spiro atoms. The van der Waals surface area contributed by atoms with Crippen LogP contribution in [-0.4, -0.2) is 29.3 Å². The van der Waals surface area contributed by atoms with E-state index in [4.69, 9.17) is 24.4 Å². The van der Waals surface area contributed by atoms with Crippen LogP contribution in [0.15, 0.2) is 24.3 Å². The summed E-state index contributed by atoms with van der Waals surface area (Å²) in [5.74, 6) is 1.78. The summed E-state index contributed by atoms with van der Waals surface area (Å²) >= 11 is 0. The Morgan fingerprint density at radius 1 is 0.967 bits per heavy atom. The van der Waals surface area contributed by atoms with Crippen molar-refractivity contribution in [2.75, 3.05) is 6.61 Å². The van der Waals surface area contributed by atoms with E-state index in [1.807, 2.05) is 24.3 Å². The van der Waals surface area contributed by atoms with Gasteiger partial charge < -0.3 is 14.6 Å². The molecule has 30 heavy (non-hydrogen) atoms. The van der Waals surface area contributed by atoms with Crippen LogP contribution >= 0.6 is 0 Å². The summed E-state index contributed by atoms with van der Waals surface area (Å²) in [4.78, 5) is 22.8. The second-order valence-electron chi connectivity index (χ2n) is 10.2. The first-order valence-corrected chi connectivity index (χ1v) is 11.6. The molecule has 4 bridgehead atoms. The van der Waals surface area contributed by atoms with Gasteiger partial charge in [0.2, 0.25) is 11.6 Å². The van der Waals surface area contributed by atoms with Crippen LogP contribution in [-0.2, 0) is 19.3 Å². The average molecular weight is 414 g/mol. The molecule has 1 aliphatic heterocycles. The summed E-state index contributed by atoms with van der Waals surface area (Å²) in [6.07, 6.45) is 10.1. The predicted octanol–water partition coefficient (Wildman–Crippen LogP) is 4.63. The topological polar surface area (TPSA) is 74.2 Å². The number of hydrogen-bond acceptors (Lipinski definition) is 5. The lowest BCUT2D eigenvalue weighted by Gasteiger charge is -2.57. The van der Waals surface area contributed by atoms with E-state index in [1.165, 1.54) is 37.7 Å². The Hall–Kier alpha value is -1.63. The Balaban J connectivity index is 1.10. The monoisotopic (exact) mass is 414 g/mol. The summed E-state index contributed by atoms with van der Waals surface area (Å²) in [7, 11) is 0. The first-order chi connectivity index (χ1) is 14.5. The molecule has 1 N–H and O–H groups in total. The van der Waals surface area contributed by atoms with Gasteiger partial charge in [0, 0.05) is 24.7 Å². The number of aliphatic carboxylic acids is 1. The first-order valence-electron chi connectivity index (χ1n) is 11.6. The van der Waals surface area contributed by atoms with E-state index in [1.54, 1.807) is 0 Å². The molecule has 6 nitrogen and oxygen atoms in total. The number of carbonyl (C=O) groups is 1. The van der Waals surface area contributed by atoms with Crippen molar-refractivity contribution in [1.82, 2.24) is 0 Å². The summed E-state index contributed by atoms with van der Waals surface area (Å²) < 4.78 is 12.0. The van der Waals surface area contributed by atoms with E-state index in [0.29, 0.717) is 23.5 Å². The lowest BCUT2D eigenvalue weighted by atomic mass is 9.53. The second kappa shape index (κ2) is 6.94. The predicted molar refractivity (Wildman–Crippen MR) is 107 cm³/mol. The van der Waals surface area contributed by atoms with Gasteiger partial charge in [-0.2, -0.15) is 9.78 Å². The molecule has 6 heteroatoms. The zero-order chi connectivity index (χ0) is 20.3. The molecule has 1 heterocycles. The standard InChI is InChI=1S/C24H30O6/c25-22(26)14-27-21-3-1-17(2-4-21)18-5-7-23(8-6-18)28-24(30-29-23)19-10-15-9-16(12-19)13-20(24)11-15/h1-4,15-16,18-20H,5-14H2,(H,25,26). The maximum atomic E-state index is 10.6. The first kappa shape index (κ1) is 19.1. The fraction of sp³-hybridized carbons (Fsp3) is 0.708. The van der Waals surface area contributed by atoms with Crippen LogP contribution in [0.25, 0.3) is 0 Å². The minimum atomic E-state index is -0.965. The van der Waals surface area contributed by atoms with Crippen molar-refractivity contribution in [3.05, 3.63) is 29.8 Å². The Bertz CT molecular complexity index is 781. The van der Waals surface area contributed by atoms with Gasteiger partial charge in [-0.15, -0.1) is 0 Å². The molecule has 6 aliphatic rings. The van der Waals surface area contributed by atoms with Gasteiger partial charge in [0.15, 0.2) is 6.61 Å². The van der Waals surface area contributed by atoms with Gasteiger partial charge >= 0.3 is 5.97 Å². The van der Waals surface area contributed by atoms with Gasteiger partial charge in [0.25, 0.3) is 0 Å². The molecule has 1 saturated heterocycles. The number of carboxylic acids is 1. The number of benzene rings is 1. The van der Waals surface area contributed by atoms with E-state index >= 15 is 0 Å². The average Bonchev–Trinajstić information content (AvgIpc) is 3.11. The summed E-state index contributed by atoms with van der Waals surface area (Å²) in [6.45, 7) is -0.314. The van der Waals surface area contributed by atoms with Crippen molar-refractivity contribution < 1.29 is 29.1 Å². The normalized spacial score (nSPS) is 44.1. The maximum absolute atomic E-state index is 10.6. The van der Waals surface area contributed by atoms with Crippen LogP contribution in [0.1, 0.15) is 69.3 Å². The quantitative estimate of drug-likeness (QED) is 0.724. The van der Waals surface area contributed by atoms with Gasteiger partial charge in [-0.3, -0.25) is 0 Å². The highest BCUT2D eigenvalue weighted by Crippen LogP contribution is 2.64. The Kier molecular flexibility index (Phi) is 4.41. The summed E-state index contributed by atoms with van der Waals surface area (Å²) in [5, 5.41) is 8.73. The molecule has 6 fully saturated rings. The third-order valence-electron chi connectivity index (χ3n) is 8.41. The van der Waals surface area contributed by atoms with E-state index in [-0.39, 0.29) is 6.61 Å². The van der Waals surface area contributed by atoms with Gasteiger partial charge in [-0.05, 0) is 80.4 Å². The van der Waals surface area contributed by atoms with Gasteiger partial charge in [0.1, 0.15) is 5.75 Å². The van der Waals surface area contributed by atoms with Crippen molar-refractivity contribution in [2.45, 2.75) is 75.3 Å². The van der Waals surface area contributed by atoms with Crippen LogP contribution in [0.2, 0.25) is 0 Å². The zero-order valence-corrected chi connectivity index (χ0v) is 17.3. The third kappa shape index (κ3) is 3.07. The number of ether oxygens (including phenoxy) is 2. The van der Waals surface area contributed by atoms with Gasteiger partial charge in [0.05, 0.1) is 0 Å². The molecule has 0 aromatic heterocycles. The second-order valence-corrected chi connectivity index (χ2v) is 10.2. The SMILES string of the molecule is O=C(O)COc1ccc(C2CCC3(CC2)OOC2(O3)C3CC4CC(C3)CC2C4)cc1. The summed E-state index contributed by atoms with van der Waals surface area (Å²) in [5.41, 5.74) is 1.26. The van der Waals surface area contributed by atoms with Crippen LogP contribution in [0.3, 0.4) is 0 Å². The fourth-order valence-corrected chi connectivity index (χ4v) is 7.17. The largest absolute Gasteiger partial charge is 0.482 e. The lowest BCUT2D eigenvalue weighted by Crippen LogP contribution is -2.59. The highest BCUT2D eigenvalue weighted by Gasteiger charge is 2.66. The Labute approximate surface area is 176 Å². The van der Waals surface area contributed by atoms with Crippen molar-refractivity contribution in [1.29, 1.82) is 0 Å². The minimum absolute atomic E-state index is 0.314.